The van der Waals surface area contributed by atoms with Crippen LogP contribution in [0.25, 0.3) is 0 Å². The van der Waals surface area contributed by atoms with Crippen LogP contribution in [-0.2, 0) is 13.1 Å². The Kier molecular flexibility index (Phi) is 12.2. The molecule has 0 aliphatic heterocycles. The van der Waals surface area contributed by atoms with Crippen LogP contribution in [0.3, 0.4) is 0 Å². The number of aromatic carboxylic acids is 2. The molecule has 5 rings (SSSR count). The maximum absolute atomic E-state index is 10.3. The third-order valence-electron chi connectivity index (χ3n) is 7.12. The molecule has 0 atom stereocenters. The number of carboxylic acid groups (broad SMARTS) is 2. The van der Waals surface area contributed by atoms with Crippen molar-refractivity contribution in [1.82, 2.24) is 8.97 Å². The van der Waals surface area contributed by atoms with Gasteiger partial charge in [0, 0.05) is 22.3 Å². The first-order valence-electron chi connectivity index (χ1n) is 14.4. The van der Waals surface area contributed by atoms with Crippen molar-refractivity contribution in [2.45, 2.75) is 13.1 Å². The van der Waals surface area contributed by atoms with Gasteiger partial charge < -0.3 is 19.8 Å². The van der Waals surface area contributed by atoms with Crippen LogP contribution >= 0.6 is 0 Å². The molecule has 0 amide bonds. The van der Waals surface area contributed by atoms with E-state index in [4.69, 9.17) is 0 Å². The highest BCUT2D eigenvalue weighted by Gasteiger charge is 2.19. The van der Waals surface area contributed by atoms with Crippen LogP contribution in [0.2, 0.25) is 0 Å². The van der Waals surface area contributed by atoms with Gasteiger partial charge in [0.25, 0.3) is 0 Å². The maximum atomic E-state index is 10.3. The van der Waals surface area contributed by atoms with Crippen LogP contribution in [-0.4, -0.2) is 40.1 Å². The number of nitrogens with zero attached hydrogens (tertiary/aromatic N) is 2. The number of carbonyl (C=O) groups is 2. The van der Waals surface area contributed by atoms with Crippen molar-refractivity contribution in [2.75, 3.05) is 28.2 Å². The van der Waals surface area contributed by atoms with E-state index in [0.717, 1.165) is 34.2 Å². The maximum Gasteiger partial charge on any atom is 0.132 e. The fraction of sp³-hybridized carbons (Fsp3) is 0.158. The quantitative estimate of drug-likeness (QED) is 0.230. The first kappa shape index (κ1) is 33.5. The zero-order valence-corrected chi connectivity index (χ0v) is 25.8. The highest BCUT2D eigenvalue weighted by Crippen LogP contribution is 2.22. The minimum absolute atomic E-state index is 0.363. The van der Waals surface area contributed by atoms with Crippen LogP contribution in [0, 0.1) is 0 Å². The summed E-state index contributed by atoms with van der Waals surface area (Å²) >= 11 is 0. The van der Waals surface area contributed by atoms with E-state index in [2.05, 4.69) is 150 Å². The molecular weight excluding hydrogens is 548 g/mol. The van der Waals surface area contributed by atoms with E-state index in [1.165, 1.54) is 34.6 Å². The van der Waals surface area contributed by atoms with E-state index in [9.17, 15) is 19.8 Å². The van der Waals surface area contributed by atoms with E-state index in [1.807, 2.05) is 0 Å². The number of para-hydroxylation sites is 2. The van der Waals surface area contributed by atoms with Gasteiger partial charge in [-0.2, -0.15) is 0 Å². The first-order valence-corrected chi connectivity index (χ1v) is 14.4. The molecule has 0 saturated heterocycles. The molecule has 0 aromatic heterocycles. The second-order valence-corrected chi connectivity index (χ2v) is 11.4. The van der Waals surface area contributed by atoms with Gasteiger partial charge in [0.2, 0.25) is 0 Å². The first-order chi connectivity index (χ1) is 21.0. The van der Waals surface area contributed by atoms with Gasteiger partial charge in [0.1, 0.15) is 24.5 Å². The van der Waals surface area contributed by atoms with E-state index in [0.29, 0.717) is 0 Å². The largest absolute Gasteiger partial charge is 0.545 e. The summed E-state index contributed by atoms with van der Waals surface area (Å²) < 4.78 is 1.76. The van der Waals surface area contributed by atoms with Gasteiger partial charge in [0.05, 0.1) is 40.1 Å². The zero-order valence-electron chi connectivity index (χ0n) is 25.8. The summed E-state index contributed by atoms with van der Waals surface area (Å²) in [5.74, 6) is -3.04. The molecule has 0 N–H and O–H groups in total. The molecule has 0 saturated carbocycles. The SMILES string of the molecule is C[N+](C)(Cc1ccccc1)c1ccccc1.C[N+](C)(Cc1ccccc1)c1ccccc1.O=C([O-])c1ccccc1C(=O)[O-]. The van der Waals surface area contributed by atoms with Gasteiger partial charge >= 0.3 is 0 Å². The lowest BCUT2D eigenvalue weighted by Crippen LogP contribution is -2.39. The zero-order chi connectivity index (χ0) is 32.0. The Hall–Kier alpha value is -5.04. The minimum Gasteiger partial charge on any atom is -0.545 e. The molecule has 0 aliphatic rings. The lowest BCUT2D eigenvalue weighted by atomic mass is 10.1. The topological polar surface area (TPSA) is 80.3 Å². The van der Waals surface area contributed by atoms with Gasteiger partial charge in [-0.15, -0.1) is 0 Å². The van der Waals surface area contributed by atoms with Crippen molar-refractivity contribution in [2.24, 2.45) is 0 Å². The Morgan fingerprint density at radius 2 is 0.682 bits per heavy atom. The smallest absolute Gasteiger partial charge is 0.132 e. The van der Waals surface area contributed by atoms with Crippen LogP contribution < -0.4 is 19.2 Å². The molecule has 44 heavy (non-hydrogen) atoms. The lowest BCUT2D eigenvalue weighted by molar-refractivity contribution is -0.259. The fourth-order valence-electron chi connectivity index (χ4n) is 4.76. The minimum atomic E-state index is -1.52. The molecule has 5 aromatic carbocycles. The Labute approximate surface area is 260 Å². The molecule has 0 bridgehead atoms. The summed E-state index contributed by atoms with van der Waals surface area (Å²) in [6.45, 7) is 2.04. The Morgan fingerprint density at radius 1 is 0.432 bits per heavy atom. The molecule has 0 radical (unpaired) electrons. The highest BCUT2D eigenvalue weighted by atomic mass is 16.4. The van der Waals surface area contributed by atoms with Gasteiger partial charge in [0.15, 0.2) is 0 Å². The number of carbonyl (C=O) groups excluding carboxylic acids is 2. The van der Waals surface area contributed by atoms with Crippen LogP contribution in [0.4, 0.5) is 11.4 Å². The molecule has 6 heteroatoms. The molecule has 5 aromatic rings. The Bertz CT molecular complexity index is 1470. The summed E-state index contributed by atoms with van der Waals surface area (Å²) in [6.07, 6.45) is 0. The Balaban J connectivity index is 0.000000183. The van der Waals surface area contributed by atoms with Gasteiger partial charge in [-0.05, 0) is 24.3 Å². The number of hydrogen-bond acceptors (Lipinski definition) is 4. The lowest BCUT2D eigenvalue weighted by Gasteiger charge is -2.29. The van der Waals surface area contributed by atoms with Crippen LogP contribution in [0.1, 0.15) is 31.8 Å². The number of hydrogen-bond donors (Lipinski definition) is 0. The third-order valence-corrected chi connectivity index (χ3v) is 7.12. The van der Waals surface area contributed by atoms with Crippen molar-refractivity contribution in [3.05, 3.63) is 168 Å². The summed E-state index contributed by atoms with van der Waals surface area (Å²) in [6, 6.07) is 47.6. The molecule has 0 aliphatic carbocycles. The van der Waals surface area contributed by atoms with E-state index in [1.54, 1.807) is 0 Å². The Morgan fingerprint density at radius 3 is 0.955 bits per heavy atom. The molecule has 0 fully saturated rings. The predicted octanol–water partition coefficient (Wildman–Crippen LogP) is 5.32. The van der Waals surface area contributed by atoms with Crippen LogP contribution in [0.5, 0.6) is 0 Å². The molecule has 0 unspecified atom stereocenters. The summed E-state index contributed by atoms with van der Waals surface area (Å²) in [7, 11) is 8.95. The molecule has 0 spiro atoms. The van der Waals surface area contributed by atoms with E-state index in [-0.39, 0.29) is 11.1 Å². The van der Waals surface area contributed by atoms with Crippen molar-refractivity contribution < 1.29 is 19.8 Å². The van der Waals surface area contributed by atoms with Crippen molar-refractivity contribution in [3.63, 3.8) is 0 Å². The summed E-state index contributed by atoms with van der Waals surface area (Å²) in [5, 5.41) is 20.6. The molecule has 6 nitrogen and oxygen atoms in total. The number of carboxylic acids is 2. The van der Waals surface area contributed by atoms with Crippen molar-refractivity contribution in [1.29, 1.82) is 0 Å². The fourth-order valence-corrected chi connectivity index (χ4v) is 4.76. The molecular formula is C38H40N2O4. The second kappa shape index (κ2) is 16.0. The molecule has 226 valence electrons. The van der Waals surface area contributed by atoms with Crippen molar-refractivity contribution >= 4 is 23.3 Å². The number of benzene rings is 5. The summed E-state index contributed by atoms with van der Waals surface area (Å²) in [5.41, 5.74) is 4.69. The van der Waals surface area contributed by atoms with E-state index >= 15 is 0 Å². The number of quaternary nitrogens is 2. The van der Waals surface area contributed by atoms with E-state index < -0.39 is 11.9 Å². The van der Waals surface area contributed by atoms with Gasteiger partial charge in [-0.25, -0.2) is 0 Å². The summed E-state index contributed by atoms with van der Waals surface area (Å²) in [4.78, 5) is 20.6. The van der Waals surface area contributed by atoms with Crippen LogP contribution in [0.15, 0.2) is 146 Å². The molecule has 0 heterocycles. The standard InChI is InChI=1S/2C15H18N.C8H6O4/c2*1-16(2,15-11-7-4-8-12-15)13-14-9-5-3-6-10-14;9-7(10)5-3-1-2-4-6(5)8(11)12/h2*3-12H,13H2,1-2H3;1-4H,(H,9,10)(H,11,12)/q2*+1;/p-2. The van der Waals surface area contributed by atoms with Gasteiger partial charge in [-0.3, -0.25) is 8.97 Å². The normalized spacial score (nSPS) is 10.8. The predicted molar refractivity (Wildman–Crippen MR) is 176 cm³/mol. The average Bonchev–Trinajstić information content (AvgIpc) is 3.03. The monoisotopic (exact) mass is 588 g/mol. The third kappa shape index (κ3) is 10.3. The highest BCUT2D eigenvalue weighted by molar-refractivity contribution is 5.99. The van der Waals surface area contributed by atoms with Gasteiger partial charge in [-0.1, -0.05) is 121 Å². The number of rotatable bonds is 8. The van der Waals surface area contributed by atoms with Crippen molar-refractivity contribution in [3.8, 4) is 0 Å². The average molecular weight is 589 g/mol. The second-order valence-electron chi connectivity index (χ2n) is 11.4.